The number of carboxylic acid groups (broad SMARTS) is 2. The fraction of sp³-hybridized carbons (Fsp3) is 0.769. The molecule has 11 nitrogen and oxygen atoms in total. The number of ketones is 1. The third kappa shape index (κ3) is 4.47. The van der Waals surface area contributed by atoms with Gasteiger partial charge in [0.2, 0.25) is 0 Å². The first-order valence-electron chi connectivity index (χ1n) is 7.00. The number of aliphatic hydroxyl groups is 4. The number of hydrogen-bond acceptors (Lipinski definition) is 9. The van der Waals surface area contributed by atoms with Crippen molar-refractivity contribution in [3.8, 4) is 0 Å². The molecule has 1 aliphatic heterocycles. The van der Waals surface area contributed by atoms with Gasteiger partial charge in [-0.15, -0.1) is 0 Å². The van der Waals surface area contributed by atoms with Gasteiger partial charge in [-0.1, -0.05) is 0 Å². The van der Waals surface area contributed by atoms with Crippen molar-refractivity contribution in [1.82, 2.24) is 0 Å². The number of hydrogen-bond donors (Lipinski definition) is 6. The van der Waals surface area contributed by atoms with Gasteiger partial charge >= 0.3 is 11.9 Å². The maximum Gasteiger partial charge on any atom is 0.317 e. The van der Waals surface area contributed by atoms with Crippen LogP contribution in [0, 0.1) is 5.92 Å². The predicted octanol–water partition coefficient (Wildman–Crippen LogP) is -3.06. The summed E-state index contributed by atoms with van der Waals surface area (Å²) in [4.78, 5) is 33.4. The van der Waals surface area contributed by atoms with Gasteiger partial charge in [-0.25, -0.2) is 0 Å². The molecule has 1 rings (SSSR count). The molecule has 1 fully saturated rings. The highest BCUT2D eigenvalue weighted by Crippen LogP contribution is 2.25. The van der Waals surface area contributed by atoms with Crippen LogP contribution in [-0.2, 0) is 23.9 Å². The Balaban J connectivity index is 2.73. The second-order valence-corrected chi connectivity index (χ2v) is 5.36. The molecule has 0 aromatic carbocycles. The molecule has 1 unspecified atom stereocenters. The van der Waals surface area contributed by atoms with Gasteiger partial charge in [-0.2, -0.15) is 0 Å². The van der Waals surface area contributed by atoms with Crippen molar-refractivity contribution in [1.29, 1.82) is 0 Å². The van der Waals surface area contributed by atoms with Gasteiger partial charge in [0.25, 0.3) is 0 Å². The van der Waals surface area contributed by atoms with Crippen LogP contribution in [0.25, 0.3) is 0 Å². The van der Waals surface area contributed by atoms with Gasteiger partial charge in [-0.05, 0) is 6.42 Å². The molecule has 138 valence electrons. The Kier molecular flexibility index (Phi) is 7.20. The first kappa shape index (κ1) is 20.4. The summed E-state index contributed by atoms with van der Waals surface area (Å²) < 4.78 is 9.75. The van der Waals surface area contributed by atoms with Crippen LogP contribution in [0.2, 0.25) is 0 Å². The minimum Gasteiger partial charge on any atom is -0.481 e. The summed E-state index contributed by atoms with van der Waals surface area (Å²) >= 11 is 0. The zero-order valence-corrected chi connectivity index (χ0v) is 12.7. The molecule has 0 aromatic rings. The Morgan fingerprint density at radius 2 is 1.58 bits per heavy atom. The van der Waals surface area contributed by atoms with Crippen LogP contribution in [0.1, 0.15) is 12.8 Å². The predicted molar refractivity (Wildman–Crippen MR) is 72.7 cm³/mol. The van der Waals surface area contributed by atoms with E-state index in [9.17, 15) is 34.8 Å². The lowest BCUT2D eigenvalue weighted by Gasteiger charge is -2.41. The van der Waals surface area contributed by atoms with E-state index in [0.717, 1.165) is 7.11 Å². The Morgan fingerprint density at radius 3 is 2.04 bits per heavy atom. The summed E-state index contributed by atoms with van der Waals surface area (Å²) in [6.45, 7) is 0. The molecule has 1 aliphatic rings. The maximum atomic E-state index is 11.9. The van der Waals surface area contributed by atoms with Crippen LogP contribution < -0.4 is 0 Å². The minimum atomic E-state index is -1.97. The smallest absolute Gasteiger partial charge is 0.317 e. The van der Waals surface area contributed by atoms with E-state index in [2.05, 4.69) is 0 Å². The van der Waals surface area contributed by atoms with E-state index in [4.69, 9.17) is 19.7 Å². The highest BCUT2D eigenvalue weighted by atomic mass is 16.7. The summed E-state index contributed by atoms with van der Waals surface area (Å²) in [5, 5.41) is 56.4. The molecule has 0 bridgehead atoms. The van der Waals surface area contributed by atoms with E-state index >= 15 is 0 Å². The van der Waals surface area contributed by atoms with Crippen molar-refractivity contribution >= 4 is 17.7 Å². The van der Waals surface area contributed by atoms with Crippen molar-refractivity contribution in [3.05, 3.63) is 0 Å². The second-order valence-electron chi connectivity index (χ2n) is 5.36. The van der Waals surface area contributed by atoms with Crippen LogP contribution in [0.5, 0.6) is 0 Å². The summed E-state index contributed by atoms with van der Waals surface area (Å²) in [5.74, 6) is -6.06. The maximum absolute atomic E-state index is 11.9. The molecule has 11 heteroatoms. The monoisotopic (exact) mass is 352 g/mol. The number of carbonyl (C=O) groups is 3. The SMILES string of the molecule is CO[C@H]1O[C@H](C(O)C(=O)CCC(C(=O)O)C(=O)O)[C@@H](O)[C@H](O)[C@H]1O. The largest absolute Gasteiger partial charge is 0.481 e. The van der Waals surface area contributed by atoms with Gasteiger partial charge in [0, 0.05) is 13.5 Å². The van der Waals surface area contributed by atoms with E-state index in [1.165, 1.54) is 0 Å². The van der Waals surface area contributed by atoms with Crippen molar-refractivity contribution in [2.75, 3.05) is 7.11 Å². The van der Waals surface area contributed by atoms with Crippen molar-refractivity contribution in [2.45, 2.75) is 49.7 Å². The van der Waals surface area contributed by atoms with Crippen molar-refractivity contribution < 1.29 is 54.5 Å². The number of aliphatic hydroxyl groups excluding tert-OH is 4. The highest BCUT2D eigenvalue weighted by molar-refractivity contribution is 5.93. The normalized spacial score (nSPS) is 31.7. The van der Waals surface area contributed by atoms with Crippen LogP contribution in [0.15, 0.2) is 0 Å². The number of rotatable bonds is 8. The second kappa shape index (κ2) is 8.46. The Morgan fingerprint density at radius 1 is 1.04 bits per heavy atom. The molecule has 24 heavy (non-hydrogen) atoms. The van der Waals surface area contributed by atoms with Gasteiger partial charge < -0.3 is 40.1 Å². The van der Waals surface area contributed by atoms with E-state index in [1.54, 1.807) is 0 Å². The van der Waals surface area contributed by atoms with Crippen molar-refractivity contribution in [2.24, 2.45) is 5.92 Å². The Labute approximate surface area is 136 Å². The zero-order chi connectivity index (χ0) is 18.6. The van der Waals surface area contributed by atoms with Crippen LogP contribution in [0.4, 0.5) is 0 Å². The van der Waals surface area contributed by atoms with Crippen LogP contribution in [0.3, 0.4) is 0 Å². The number of carbonyl (C=O) groups excluding carboxylic acids is 1. The third-order valence-electron chi connectivity index (χ3n) is 3.76. The standard InChI is InChI=1S/C13H20O11/c1-23-13-9(18)7(16)8(17)10(24-13)6(15)5(14)3-2-4(11(19)20)12(21)22/h4,6-10,13,15-18H,2-3H2,1H3,(H,19,20)(H,21,22)/t6?,7-,8-,9+,10+,13-/m0/s1. The molecule has 0 aliphatic carbocycles. The minimum absolute atomic E-state index is 0.567. The lowest BCUT2D eigenvalue weighted by molar-refractivity contribution is -0.301. The van der Waals surface area contributed by atoms with Gasteiger partial charge in [0.05, 0.1) is 0 Å². The lowest BCUT2D eigenvalue weighted by Crippen LogP contribution is -2.62. The van der Waals surface area contributed by atoms with Gasteiger partial charge in [-0.3, -0.25) is 14.4 Å². The van der Waals surface area contributed by atoms with Gasteiger partial charge in [0.1, 0.15) is 30.5 Å². The molecular weight excluding hydrogens is 332 g/mol. The molecule has 0 radical (unpaired) electrons. The first-order valence-corrected chi connectivity index (χ1v) is 7.00. The summed E-state index contributed by atoms with van der Waals surface area (Å²) in [6.07, 6.45) is -11.3. The molecule has 6 N–H and O–H groups in total. The lowest BCUT2D eigenvalue weighted by atomic mass is 9.91. The third-order valence-corrected chi connectivity index (χ3v) is 3.76. The highest BCUT2D eigenvalue weighted by Gasteiger charge is 2.48. The van der Waals surface area contributed by atoms with E-state index in [-0.39, 0.29) is 0 Å². The van der Waals surface area contributed by atoms with E-state index in [0.29, 0.717) is 0 Å². The fourth-order valence-electron chi connectivity index (χ4n) is 2.30. The Bertz CT molecular complexity index is 463. The van der Waals surface area contributed by atoms with Crippen molar-refractivity contribution in [3.63, 3.8) is 0 Å². The molecule has 0 aromatic heterocycles. The number of aliphatic carboxylic acids is 2. The molecule has 6 atom stereocenters. The molecular formula is C13H20O11. The summed E-state index contributed by atoms with van der Waals surface area (Å²) in [5.41, 5.74) is 0. The average Bonchev–Trinajstić information content (AvgIpc) is 2.51. The fourth-order valence-corrected chi connectivity index (χ4v) is 2.30. The molecule has 1 saturated heterocycles. The molecule has 0 saturated carbocycles. The van der Waals surface area contributed by atoms with Crippen LogP contribution >= 0.6 is 0 Å². The number of ether oxygens (including phenoxy) is 2. The Hall–Kier alpha value is -1.63. The number of carboxylic acids is 2. The molecule has 0 spiro atoms. The van der Waals surface area contributed by atoms with Crippen LogP contribution in [-0.4, -0.2) is 92.3 Å². The van der Waals surface area contributed by atoms with E-state index < -0.39 is 73.3 Å². The zero-order valence-electron chi connectivity index (χ0n) is 12.7. The van der Waals surface area contributed by atoms with E-state index in [1.807, 2.05) is 0 Å². The topological polar surface area (TPSA) is 191 Å². The number of Topliss-reactive ketones (excluding diaryl/α,β-unsaturated/α-hetero) is 1. The average molecular weight is 352 g/mol. The summed E-state index contributed by atoms with van der Waals surface area (Å²) in [7, 11) is 1.13. The first-order chi connectivity index (χ1) is 11.1. The summed E-state index contributed by atoms with van der Waals surface area (Å²) in [6, 6.07) is 0. The molecule has 0 amide bonds. The molecule has 1 heterocycles. The number of methoxy groups -OCH3 is 1. The quantitative estimate of drug-likeness (QED) is 0.243. The van der Waals surface area contributed by atoms with Gasteiger partial charge in [0.15, 0.2) is 18.0 Å².